The van der Waals surface area contributed by atoms with Crippen molar-refractivity contribution < 1.29 is 4.79 Å². The lowest BCUT2D eigenvalue weighted by molar-refractivity contribution is -0.132. The molecule has 0 spiro atoms. The van der Waals surface area contributed by atoms with E-state index in [1.54, 1.807) is 0 Å². The van der Waals surface area contributed by atoms with Gasteiger partial charge in [0.15, 0.2) is 5.65 Å². The third-order valence-corrected chi connectivity index (χ3v) is 5.62. The van der Waals surface area contributed by atoms with Crippen molar-refractivity contribution in [2.75, 3.05) is 13.1 Å². The average Bonchev–Trinajstić information content (AvgIpc) is 3.00. The van der Waals surface area contributed by atoms with E-state index in [4.69, 9.17) is 10.1 Å². The van der Waals surface area contributed by atoms with Gasteiger partial charge in [0, 0.05) is 36.3 Å². The number of carbonyl (C=O) groups excluding carboxylic acids is 1. The van der Waals surface area contributed by atoms with Crippen molar-refractivity contribution in [3.8, 4) is 0 Å². The molecular formula is C21H26N4O. The van der Waals surface area contributed by atoms with Crippen LogP contribution in [0.3, 0.4) is 0 Å². The van der Waals surface area contributed by atoms with Crippen LogP contribution in [0.2, 0.25) is 0 Å². The smallest absolute Gasteiger partial charge is 0.222 e. The van der Waals surface area contributed by atoms with E-state index in [0.29, 0.717) is 12.3 Å². The first kappa shape index (κ1) is 17.0. The largest absolute Gasteiger partial charge is 0.342 e. The van der Waals surface area contributed by atoms with Gasteiger partial charge in [0.25, 0.3) is 0 Å². The predicted molar refractivity (Wildman–Crippen MR) is 103 cm³/mol. The van der Waals surface area contributed by atoms with Crippen LogP contribution in [-0.4, -0.2) is 38.5 Å². The Balaban J connectivity index is 1.60. The standard InChI is InChI=1S/C21H26N4O/c1-14-7-6-12-24(13-14)20(26)11-10-17-15(2)22-21-18-8-4-5-9-19(18)23-25(21)16(17)3/h4-5,8-9,14H,6-7,10-13H2,1-3H3. The lowest BCUT2D eigenvalue weighted by atomic mass is 9.99. The molecule has 1 aromatic carbocycles. The van der Waals surface area contributed by atoms with Crippen LogP contribution in [0.15, 0.2) is 24.3 Å². The number of carbonyl (C=O) groups is 1. The fraction of sp³-hybridized carbons (Fsp3) is 0.476. The van der Waals surface area contributed by atoms with Crippen LogP contribution in [0.1, 0.15) is 43.1 Å². The van der Waals surface area contributed by atoms with Gasteiger partial charge in [0.2, 0.25) is 5.91 Å². The van der Waals surface area contributed by atoms with E-state index >= 15 is 0 Å². The molecule has 2 aromatic heterocycles. The third-order valence-electron chi connectivity index (χ3n) is 5.62. The molecule has 4 rings (SSSR count). The summed E-state index contributed by atoms with van der Waals surface area (Å²) in [7, 11) is 0. The third kappa shape index (κ3) is 2.96. The monoisotopic (exact) mass is 350 g/mol. The van der Waals surface area contributed by atoms with E-state index in [1.165, 1.54) is 6.42 Å². The quantitative estimate of drug-likeness (QED) is 0.724. The van der Waals surface area contributed by atoms with Crippen LogP contribution in [-0.2, 0) is 11.2 Å². The SMILES string of the molecule is Cc1nc2c3ccccc3nn2c(C)c1CCC(=O)N1CCCC(C)C1. The van der Waals surface area contributed by atoms with Gasteiger partial charge in [-0.15, -0.1) is 0 Å². The van der Waals surface area contributed by atoms with Gasteiger partial charge < -0.3 is 4.90 Å². The molecule has 0 N–H and O–H groups in total. The zero-order valence-corrected chi connectivity index (χ0v) is 15.8. The normalized spacial score (nSPS) is 18.0. The van der Waals surface area contributed by atoms with Gasteiger partial charge >= 0.3 is 0 Å². The summed E-state index contributed by atoms with van der Waals surface area (Å²) in [4.78, 5) is 19.5. The number of fused-ring (bicyclic) bond motifs is 3. The second-order valence-electron chi connectivity index (χ2n) is 7.60. The number of rotatable bonds is 3. The number of hydrogen-bond donors (Lipinski definition) is 0. The van der Waals surface area contributed by atoms with E-state index in [0.717, 1.165) is 59.4 Å². The molecule has 1 unspecified atom stereocenters. The molecule has 5 heteroatoms. The summed E-state index contributed by atoms with van der Waals surface area (Å²) in [5.74, 6) is 0.881. The first-order chi connectivity index (χ1) is 12.5. The zero-order valence-electron chi connectivity index (χ0n) is 15.8. The minimum absolute atomic E-state index is 0.265. The maximum absolute atomic E-state index is 12.6. The molecule has 1 aliphatic heterocycles. The number of likely N-dealkylation sites (tertiary alicyclic amines) is 1. The summed E-state index contributed by atoms with van der Waals surface area (Å²) in [5, 5.41) is 5.78. The summed E-state index contributed by atoms with van der Waals surface area (Å²) >= 11 is 0. The lowest BCUT2D eigenvalue weighted by Crippen LogP contribution is -2.39. The molecule has 3 heterocycles. The topological polar surface area (TPSA) is 50.5 Å². The van der Waals surface area contributed by atoms with Crippen molar-refractivity contribution in [2.45, 2.75) is 46.5 Å². The van der Waals surface area contributed by atoms with Crippen LogP contribution in [0.4, 0.5) is 0 Å². The Morgan fingerprint density at radius 3 is 2.88 bits per heavy atom. The van der Waals surface area contributed by atoms with Crippen molar-refractivity contribution in [1.82, 2.24) is 19.5 Å². The molecule has 1 aliphatic rings. The highest BCUT2D eigenvalue weighted by Crippen LogP contribution is 2.23. The fourth-order valence-corrected chi connectivity index (χ4v) is 4.14. The minimum atomic E-state index is 0.265. The van der Waals surface area contributed by atoms with Crippen LogP contribution in [0.25, 0.3) is 16.6 Å². The number of amides is 1. The number of piperidine rings is 1. The molecule has 5 nitrogen and oxygen atoms in total. The number of aromatic nitrogens is 3. The summed E-state index contributed by atoms with van der Waals surface area (Å²) in [6.07, 6.45) is 3.62. The second-order valence-corrected chi connectivity index (χ2v) is 7.60. The van der Waals surface area contributed by atoms with Crippen LogP contribution < -0.4 is 0 Å². The molecule has 1 saturated heterocycles. The molecule has 1 amide bonds. The lowest BCUT2D eigenvalue weighted by Gasteiger charge is -2.31. The Bertz CT molecular complexity index is 975. The van der Waals surface area contributed by atoms with E-state index in [-0.39, 0.29) is 5.91 Å². The van der Waals surface area contributed by atoms with Crippen molar-refractivity contribution in [2.24, 2.45) is 5.92 Å². The van der Waals surface area contributed by atoms with Gasteiger partial charge in [-0.3, -0.25) is 4.79 Å². The second kappa shape index (κ2) is 6.71. The summed E-state index contributed by atoms with van der Waals surface area (Å²) in [6.45, 7) is 8.16. The molecular weight excluding hydrogens is 324 g/mol. The number of nitrogens with zero attached hydrogens (tertiary/aromatic N) is 4. The molecule has 26 heavy (non-hydrogen) atoms. The molecule has 136 valence electrons. The van der Waals surface area contributed by atoms with E-state index in [1.807, 2.05) is 34.5 Å². The highest BCUT2D eigenvalue weighted by molar-refractivity contribution is 5.92. The Labute approximate surface area is 154 Å². The van der Waals surface area contributed by atoms with E-state index < -0.39 is 0 Å². The van der Waals surface area contributed by atoms with Crippen molar-refractivity contribution in [3.05, 3.63) is 41.2 Å². The molecule has 3 aromatic rings. The van der Waals surface area contributed by atoms with Crippen molar-refractivity contribution in [3.63, 3.8) is 0 Å². The average molecular weight is 350 g/mol. The first-order valence-electron chi connectivity index (χ1n) is 9.56. The van der Waals surface area contributed by atoms with Gasteiger partial charge in [0.05, 0.1) is 5.52 Å². The highest BCUT2D eigenvalue weighted by Gasteiger charge is 2.21. The van der Waals surface area contributed by atoms with Crippen molar-refractivity contribution >= 4 is 22.5 Å². The molecule has 0 saturated carbocycles. The fourth-order valence-electron chi connectivity index (χ4n) is 4.14. The summed E-state index contributed by atoms with van der Waals surface area (Å²) in [6, 6.07) is 8.09. The number of aryl methyl sites for hydroxylation is 2. The molecule has 1 fully saturated rings. The molecule has 0 aliphatic carbocycles. The van der Waals surface area contributed by atoms with Crippen LogP contribution in [0, 0.1) is 19.8 Å². The van der Waals surface area contributed by atoms with E-state index in [2.05, 4.69) is 19.9 Å². The Kier molecular flexibility index (Phi) is 4.39. The zero-order chi connectivity index (χ0) is 18.3. The molecule has 0 bridgehead atoms. The molecule has 1 atom stereocenters. The maximum Gasteiger partial charge on any atom is 0.222 e. The number of hydrogen-bond acceptors (Lipinski definition) is 3. The molecule has 0 radical (unpaired) electrons. The summed E-state index contributed by atoms with van der Waals surface area (Å²) < 4.78 is 1.93. The van der Waals surface area contributed by atoms with Crippen LogP contribution >= 0.6 is 0 Å². The first-order valence-corrected chi connectivity index (χ1v) is 9.56. The minimum Gasteiger partial charge on any atom is -0.342 e. The van der Waals surface area contributed by atoms with Crippen LogP contribution in [0.5, 0.6) is 0 Å². The summed E-state index contributed by atoms with van der Waals surface area (Å²) in [5.41, 5.74) is 5.08. The Hall–Kier alpha value is -2.43. The van der Waals surface area contributed by atoms with Crippen molar-refractivity contribution in [1.29, 1.82) is 0 Å². The maximum atomic E-state index is 12.6. The van der Waals surface area contributed by atoms with Gasteiger partial charge in [0.1, 0.15) is 0 Å². The highest BCUT2D eigenvalue weighted by atomic mass is 16.2. The van der Waals surface area contributed by atoms with E-state index in [9.17, 15) is 4.79 Å². The predicted octanol–water partition coefficient (Wildman–Crippen LogP) is 3.69. The Morgan fingerprint density at radius 1 is 1.27 bits per heavy atom. The van der Waals surface area contributed by atoms with Gasteiger partial charge in [-0.2, -0.15) is 5.10 Å². The number of benzene rings is 1. The Morgan fingerprint density at radius 2 is 2.08 bits per heavy atom. The van der Waals surface area contributed by atoms with Gasteiger partial charge in [-0.05, 0) is 56.7 Å². The van der Waals surface area contributed by atoms with Gasteiger partial charge in [-0.25, -0.2) is 9.50 Å². The van der Waals surface area contributed by atoms with Gasteiger partial charge in [-0.1, -0.05) is 19.1 Å².